The van der Waals surface area contributed by atoms with Gasteiger partial charge in [-0.1, -0.05) is 20.3 Å². The molecule has 1 aliphatic carbocycles. The van der Waals surface area contributed by atoms with Crippen molar-refractivity contribution < 1.29 is 9.90 Å². The first-order valence-electron chi connectivity index (χ1n) is 7.68. The molecule has 3 rings (SSSR count). The Hall–Kier alpha value is -0.870. The van der Waals surface area contributed by atoms with Crippen LogP contribution in [0.2, 0.25) is 0 Å². The number of carbonyl (C=O) groups is 1. The van der Waals surface area contributed by atoms with Crippen LogP contribution in [-0.4, -0.2) is 34.6 Å². The summed E-state index contributed by atoms with van der Waals surface area (Å²) in [6.45, 7) is 5.20. The fourth-order valence-corrected chi connectivity index (χ4v) is 4.42. The van der Waals surface area contributed by atoms with Crippen molar-refractivity contribution in [3.8, 4) is 0 Å². The molecule has 1 unspecified atom stereocenters. The first-order valence-corrected chi connectivity index (χ1v) is 8.49. The van der Waals surface area contributed by atoms with Crippen LogP contribution < -0.4 is 0 Å². The van der Waals surface area contributed by atoms with E-state index >= 15 is 0 Å². The summed E-state index contributed by atoms with van der Waals surface area (Å²) >= 11 is 1.67. The predicted molar refractivity (Wildman–Crippen MR) is 81.3 cm³/mol. The van der Waals surface area contributed by atoms with Gasteiger partial charge in [-0.2, -0.15) is 0 Å². The van der Waals surface area contributed by atoms with E-state index in [0.29, 0.717) is 13.1 Å². The Morgan fingerprint density at radius 2 is 2.25 bits per heavy atom. The number of amides is 1. The third-order valence-electron chi connectivity index (χ3n) is 4.89. The molecular formula is C16H23NO2S. The Morgan fingerprint density at radius 1 is 1.50 bits per heavy atom. The van der Waals surface area contributed by atoms with Gasteiger partial charge >= 0.3 is 0 Å². The van der Waals surface area contributed by atoms with Crippen LogP contribution in [0.3, 0.4) is 0 Å². The van der Waals surface area contributed by atoms with E-state index in [-0.39, 0.29) is 5.91 Å². The lowest BCUT2D eigenvalue weighted by Gasteiger charge is -2.45. The van der Waals surface area contributed by atoms with E-state index in [1.54, 1.807) is 16.2 Å². The van der Waals surface area contributed by atoms with Gasteiger partial charge < -0.3 is 10.0 Å². The number of hydrogen-bond donors (Lipinski definition) is 1. The van der Waals surface area contributed by atoms with Gasteiger partial charge in [0.1, 0.15) is 0 Å². The van der Waals surface area contributed by atoms with E-state index in [9.17, 15) is 9.90 Å². The molecule has 1 saturated heterocycles. The fraction of sp³-hybridized carbons (Fsp3) is 0.688. The number of nitrogens with zero attached hydrogens (tertiary/aromatic N) is 1. The Balaban J connectivity index is 1.70. The molecule has 1 amide bonds. The molecule has 0 radical (unpaired) electrons. The van der Waals surface area contributed by atoms with Crippen LogP contribution in [-0.2, 0) is 12.8 Å². The van der Waals surface area contributed by atoms with Crippen LogP contribution in [0.5, 0.6) is 0 Å². The molecule has 0 bridgehead atoms. The Labute approximate surface area is 124 Å². The average Bonchev–Trinajstić information content (AvgIpc) is 2.85. The van der Waals surface area contributed by atoms with E-state index < -0.39 is 5.60 Å². The highest BCUT2D eigenvalue weighted by Gasteiger charge is 2.42. The van der Waals surface area contributed by atoms with Gasteiger partial charge in [0, 0.05) is 4.88 Å². The summed E-state index contributed by atoms with van der Waals surface area (Å²) < 4.78 is 0. The standard InChI is InChI=1S/C16H23NO2S/c1-3-11-5-6-13-12(7-11)8-14(20-13)15(18)17-9-16(19,4-2)10-17/h8,11,19H,3-7,9-10H2,1-2H3. The number of hydrogen-bond acceptors (Lipinski definition) is 3. The van der Waals surface area contributed by atoms with Gasteiger partial charge in [-0.05, 0) is 43.2 Å². The molecule has 1 N–H and O–H groups in total. The largest absolute Gasteiger partial charge is 0.386 e. The fourth-order valence-electron chi connectivity index (χ4n) is 3.24. The Bertz CT molecular complexity index is 517. The second-order valence-electron chi connectivity index (χ2n) is 6.32. The van der Waals surface area contributed by atoms with E-state index in [2.05, 4.69) is 13.0 Å². The zero-order chi connectivity index (χ0) is 14.3. The molecule has 2 aliphatic rings. The van der Waals surface area contributed by atoms with Crippen molar-refractivity contribution in [3.05, 3.63) is 21.4 Å². The Morgan fingerprint density at radius 3 is 2.90 bits per heavy atom. The Kier molecular flexibility index (Phi) is 3.63. The maximum Gasteiger partial charge on any atom is 0.264 e. The monoisotopic (exact) mass is 293 g/mol. The SMILES string of the molecule is CCC1CCc2sc(C(=O)N3CC(O)(CC)C3)cc2C1. The van der Waals surface area contributed by atoms with Crippen molar-refractivity contribution in [1.29, 1.82) is 0 Å². The van der Waals surface area contributed by atoms with Crippen LogP contribution in [0.25, 0.3) is 0 Å². The summed E-state index contributed by atoms with van der Waals surface area (Å²) in [6, 6.07) is 2.10. The zero-order valence-electron chi connectivity index (χ0n) is 12.3. The highest BCUT2D eigenvalue weighted by Crippen LogP contribution is 2.35. The van der Waals surface area contributed by atoms with E-state index in [1.165, 1.54) is 23.3 Å². The van der Waals surface area contributed by atoms with Crippen molar-refractivity contribution in [1.82, 2.24) is 4.90 Å². The number of β-amino-alcohol motifs (C(OH)–C–C–N with tert-alkyl or cyclic N) is 1. The van der Waals surface area contributed by atoms with Crippen LogP contribution in [0, 0.1) is 5.92 Å². The minimum Gasteiger partial charge on any atom is -0.386 e. The molecule has 0 saturated carbocycles. The molecule has 0 aromatic carbocycles. The molecule has 2 heterocycles. The van der Waals surface area contributed by atoms with Crippen LogP contribution >= 0.6 is 11.3 Å². The molecule has 1 aromatic rings. The number of aliphatic hydroxyl groups is 1. The minimum atomic E-state index is -0.639. The zero-order valence-corrected chi connectivity index (χ0v) is 13.1. The molecule has 110 valence electrons. The van der Waals surface area contributed by atoms with Gasteiger partial charge in [0.05, 0.1) is 23.6 Å². The van der Waals surface area contributed by atoms with Crippen molar-refractivity contribution >= 4 is 17.2 Å². The van der Waals surface area contributed by atoms with Crippen molar-refractivity contribution in [3.63, 3.8) is 0 Å². The molecule has 3 nitrogen and oxygen atoms in total. The normalized spacial score (nSPS) is 24.1. The quantitative estimate of drug-likeness (QED) is 0.931. The third-order valence-corrected chi connectivity index (χ3v) is 6.11. The number of aryl methyl sites for hydroxylation is 1. The molecule has 0 spiro atoms. The maximum absolute atomic E-state index is 12.4. The van der Waals surface area contributed by atoms with Crippen molar-refractivity contribution in [2.24, 2.45) is 5.92 Å². The lowest BCUT2D eigenvalue weighted by atomic mass is 9.87. The topological polar surface area (TPSA) is 40.5 Å². The molecule has 1 aliphatic heterocycles. The highest BCUT2D eigenvalue weighted by atomic mass is 32.1. The van der Waals surface area contributed by atoms with Gasteiger partial charge in [0.2, 0.25) is 0 Å². The summed E-state index contributed by atoms with van der Waals surface area (Å²) in [5.74, 6) is 0.893. The molecule has 1 atom stereocenters. The number of thiophene rings is 1. The van der Waals surface area contributed by atoms with Gasteiger partial charge in [-0.3, -0.25) is 4.79 Å². The van der Waals surface area contributed by atoms with Gasteiger partial charge in [-0.25, -0.2) is 0 Å². The second kappa shape index (κ2) is 5.15. The first kappa shape index (κ1) is 14.1. The summed E-state index contributed by atoms with van der Waals surface area (Å²) in [4.78, 5) is 16.5. The van der Waals surface area contributed by atoms with Gasteiger partial charge in [-0.15, -0.1) is 11.3 Å². The average molecular weight is 293 g/mol. The lowest BCUT2D eigenvalue weighted by Crippen LogP contribution is -2.63. The van der Waals surface area contributed by atoms with Crippen molar-refractivity contribution in [2.75, 3.05) is 13.1 Å². The highest BCUT2D eigenvalue weighted by molar-refractivity contribution is 7.14. The molecule has 4 heteroatoms. The minimum absolute atomic E-state index is 0.107. The van der Waals surface area contributed by atoms with E-state index in [0.717, 1.165) is 30.1 Å². The summed E-state index contributed by atoms with van der Waals surface area (Å²) in [7, 11) is 0. The predicted octanol–water partition coefficient (Wildman–Crippen LogP) is 2.86. The number of fused-ring (bicyclic) bond motifs is 1. The van der Waals surface area contributed by atoms with E-state index in [4.69, 9.17) is 0 Å². The molecule has 1 aromatic heterocycles. The number of likely N-dealkylation sites (tertiary alicyclic amines) is 1. The lowest BCUT2D eigenvalue weighted by molar-refractivity contribution is -0.0824. The molecular weight excluding hydrogens is 270 g/mol. The maximum atomic E-state index is 12.4. The third kappa shape index (κ3) is 2.40. The number of rotatable bonds is 3. The first-order chi connectivity index (χ1) is 9.54. The second-order valence-corrected chi connectivity index (χ2v) is 7.45. The summed E-state index contributed by atoms with van der Waals surface area (Å²) in [6.07, 6.45) is 5.47. The van der Waals surface area contributed by atoms with Crippen molar-refractivity contribution in [2.45, 2.75) is 51.6 Å². The van der Waals surface area contributed by atoms with E-state index in [1.807, 2.05) is 6.92 Å². The van der Waals surface area contributed by atoms with Crippen LogP contribution in [0.15, 0.2) is 6.07 Å². The van der Waals surface area contributed by atoms with Gasteiger partial charge in [0.25, 0.3) is 5.91 Å². The molecule has 20 heavy (non-hydrogen) atoms. The number of carbonyl (C=O) groups excluding carboxylic acids is 1. The summed E-state index contributed by atoms with van der Waals surface area (Å²) in [5, 5.41) is 10.0. The molecule has 1 fully saturated rings. The van der Waals surface area contributed by atoms with Gasteiger partial charge in [0.15, 0.2) is 0 Å². The smallest absolute Gasteiger partial charge is 0.264 e. The van der Waals surface area contributed by atoms with Crippen LogP contribution in [0.4, 0.5) is 0 Å². The summed E-state index contributed by atoms with van der Waals surface area (Å²) in [5.41, 5.74) is 0.752. The van der Waals surface area contributed by atoms with Crippen LogP contribution in [0.1, 0.15) is 53.2 Å².